The number of Topliss-reactive ketones (excluding diaryl/α,β-unsaturated/α-hetero) is 1. The largest absolute Gasteiger partial charge is 0.331 e. The molecule has 2 aromatic carbocycles. The Balaban J connectivity index is 2.09. The van der Waals surface area contributed by atoms with Gasteiger partial charge in [-0.05, 0) is 23.6 Å². The first kappa shape index (κ1) is 22.6. The first-order chi connectivity index (χ1) is 14.8. The molecule has 0 N–H and O–H groups in total. The molecule has 0 saturated heterocycles. The molecule has 0 aliphatic heterocycles. The van der Waals surface area contributed by atoms with Crippen molar-refractivity contribution in [1.82, 2.24) is 9.13 Å². The highest BCUT2D eigenvalue weighted by Crippen LogP contribution is 2.16. The van der Waals surface area contributed by atoms with E-state index in [9.17, 15) is 23.2 Å². The number of carbonyl (C=O) groups is 1. The molecule has 1 heterocycles. The second-order valence-electron chi connectivity index (χ2n) is 7.34. The average molecular weight is 447 g/mol. The zero-order valence-corrected chi connectivity index (χ0v) is 17.6. The highest BCUT2D eigenvalue weighted by atomic mass is 35.5. The summed E-state index contributed by atoms with van der Waals surface area (Å²) in [6, 6.07) is 12.7. The Bertz CT molecular complexity index is 1190. The maximum Gasteiger partial charge on any atom is 0.331 e. The molecule has 1 atom stereocenters. The monoisotopic (exact) mass is 446 g/mol. The Kier molecular flexibility index (Phi) is 7.17. The van der Waals surface area contributed by atoms with Crippen LogP contribution >= 0.6 is 11.6 Å². The molecule has 0 aliphatic rings. The van der Waals surface area contributed by atoms with Gasteiger partial charge in [0.1, 0.15) is 11.6 Å². The van der Waals surface area contributed by atoms with Crippen LogP contribution < -0.4 is 11.2 Å². The second-order valence-corrected chi connectivity index (χ2v) is 7.61. The van der Waals surface area contributed by atoms with Crippen LogP contribution in [0.3, 0.4) is 0 Å². The SMILES string of the molecule is C[C@@H](Cn1c(=O)c(CC(=O)CCl)cn(Cc2c(F)cccc2F)c1=O)c1ccccc1. The van der Waals surface area contributed by atoms with Crippen molar-refractivity contribution in [2.75, 3.05) is 5.88 Å². The van der Waals surface area contributed by atoms with E-state index in [1.165, 1.54) is 12.3 Å². The Morgan fingerprint density at radius 3 is 2.29 bits per heavy atom. The van der Waals surface area contributed by atoms with Crippen LogP contribution in [0.2, 0.25) is 0 Å². The predicted molar refractivity (Wildman–Crippen MR) is 115 cm³/mol. The summed E-state index contributed by atoms with van der Waals surface area (Å²) in [7, 11) is 0. The molecule has 3 aromatic rings. The van der Waals surface area contributed by atoms with Crippen LogP contribution in [0.5, 0.6) is 0 Å². The van der Waals surface area contributed by atoms with Gasteiger partial charge in [0, 0.05) is 30.3 Å². The lowest BCUT2D eigenvalue weighted by atomic mass is 10.0. The summed E-state index contributed by atoms with van der Waals surface area (Å²) in [5.41, 5.74) is -0.667. The molecule has 8 heteroatoms. The smallest absolute Gasteiger partial charge is 0.298 e. The summed E-state index contributed by atoms with van der Waals surface area (Å²) in [6.45, 7) is 1.49. The zero-order valence-electron chi connectivity index (χ0n) is 16.9. The topological polar surface area (TPSA) is 61.1 Å². The fourth-order valence-electron chi connectivity index (χ4n) is 3.38. The van der Waals surface area contributed by atoms with E-state index in [2.05, 4.69) is 0 Å². The molecule has 0 radical (unpaired) electrons. The maximum atomic E-state index is 14.1. The molecule has 0 amide bonds. The van der Waals surface area contributed by atoms with Crippen molar-refractivity contribution < 1.29 is 13.6 Å². The Morgan fingerprint density at radius 2 is 1.68 bits per heavy atom. The van der Waals surface area contributed by atoms with Crippen molar-refractivity contribution in [1.29, 1.82) is 0 Å². The van der Waals surface area contributed by atoms with E-state index in [0.717, 1.165) is 26.8 Å². The number of nitrogens with zero attached hydrogens (tertiary/aromatic N) is 2. The summed E-state index contributed by atoms with van der Waals surface area (Å²) in [6.07, 6.45) is 0.909. The number of hydrogen-bond donors (Lipinski definition) is 0. The quantitative estimate of drug-likeness (QED) is 0.498. The van der Waals surface area contributed by atoms with Gasteiger partial charge < -0.3 is 0 Å². The van der Waals surface area contributed by atoms with Crippen LogP contribution in [-0.4, -0.2) is 20.8 Å². The minimum atomic E-state index is -0.805. The third-order valence-corrected chi connectivity index (χ3v) is 5.36. The fraction of sp³-hybridized carbons (Fsp3) is 0.261. The molecular formula is C23H21ClF2N2O3. The van der Waals surface area contributed by atoms with E-state index in [1.54, 1.807) is 0 Å². The molecule has 162 valence electrons. The van der Waals surface area contributed by atoms with Gasteiger partial charge in [-0.15, -0.1) is 11.6 Å². The number of aromatic nitrogens is 2. The Hall–Kier alpha value is -3.06. The first-order valence-corrected chi connectivity index (χ1v) is 10.2. The number of ketones is 1. The second kappa shape index (κ2) is 9.83. The molecule has 0 saturated carbocycles. The third kappa shape index (κ3) is 5.17. The van der Waals surface area contributed by atoms with E-state index in [0.29, 0.717) is 0 Å². The van der Waals surface area contributed by atoms with Gasteiger partial charge in [0.15, 0.2) is 5.78 Å². The number of halogens is 3. The summed E-state index contributed by atoms with van der Waals surface area (Å²) in [5.74, 6) is -2.49. The minimum absolute atomic E-state index is 0.0438. The van der Waals surface area contributed by atoms with Gasteiger partial charge in [-0.2, -0.15) is 0 Å². The molecule has 0 fully saturated rings. The predicted octanol–water partition coefficient (Wildman–Crippen LogP) is 3.49. The molecule has 5 nitrogen and oxygen atoms in total. The van der Waals surface area contributed by atoms with Crippen LogP contribution in [0.25, 0.3) is 0 Å². The van der Waals surface area contributed by atoms with E-state index >= 15 is 0 Å². The molecule has 31 heavy (non-hydrogen) atoms. The van der Waals surface area contributed by atoms with Gasteiger partial charge in [0.25, 0.3) is 5.56 Å². The Morgan fingerprint density at radius 1 is 1.03 bits per heavy atom. The summed E-state index contributed by atoms with van der Waals surface area (Å²) in [4.78, 5) is 37.9. The number of carbonyl (C=O) groups excluding carboxylic acids is 1. The highest BCUT2D eigenvalue weighted by Gasteiger charge is 2.18. The van der Waals surface area contributed by atoms with E-state index in [1.807, 2.05) is 37.3 Å². The van der Waals surface area contributed by atoms with Crippen LogP contribution in [0, 0.1) is 11.6 Å². The van der Waals surface area contributed by atoms with Crippen molar-refractivity contribution in [3.8, 4) is 0 Å². The van der Waals surface area contributed by atoms with Crippen molar-refractivity contribution in [2.45, 2.75) is 32.4 Å². The van der Waals surface area contributed by atoms with E-state index in [4.69, 9.17) is 11.6 Å². The van der Waals surface area contributed by atoms with Crippen LogP contribution in [0.1, 0.15) is 29.5 Å². The first-order valence-electron chi connectivity index (χ1n) is 9.70. The standard InChI is InChI=1S/C23H21ClF2N2O3/c1-15(16-6-3-2-4-7-16)12-28-22(30)17(10-18(29)11-24)13-27(23(28)31)14-19-20(25)8-5-9-21(19)26/h2-9,13,15H,10-12,14H2,1H3/t15-/m0/s1. The highest BCUT2D eigenvalue weighted by molar-refractivity contribution is 6.27. The molecule has 1 aromatic heterocycles. The normalized spacial score (nSPS) is 12.0. The molecule has 0 aliphatic carbocycles. The van der Waals surface area contributed by atoms with Gasteiger partial charge in [-0.25, -0.2) is 13.6 Å². The van der Waals surface area contributed by atoms with Crippen molar-refractivity contribution in [2.24, 2.45) is 0 Å². The van der Waals surface area contributed by atoms with Gasteiger partial charge in [-0.1, -0.05) is 43.3 Å². The Labute approximate surface area is 182 Å². The molecule has 0 spiro atoms. The van der Waals surface area contributed by atoms with E-state index in [-0.39, 0.29) is 35.9 Å². The molecule has 3 rings (SSSR count). The number of benzene rings is 2. The van der Waals surface area contributed by atoms with Crippen molar-refractivity contribution in [3.05, 3.63) is 104 Å². The van der Waals surface area contributed by atoms with Gasteiger partial charge in [0.2, 0.25) is 0 Å². The summed E-state index contributed by atoms with van der Waals surface area (Å²) in [5, 5.41) is 0. The zero-order chi connectivity index (χ0) is 22.5. The lowest BCUT2D eigenvalue weighted by Crippen LogP contribution is -2.43. The van der Waals surface area contributed by atoms with Crippen LogP contribution in [0.4, 0.5) is 8.78 Å². The van der Waals surface area contributed by atoms with E-state index < -0.39 is 35.2 Å². The van der Waals surface area contributed by atoms with Gasteiger partial charge >= 0.3 is 5.69 Å². The summed E-state index contributed by atoms with van der Waals surface area (Å²) < 4.78 is 30.4. The molecule has 0 bridgehead atoms. The fourth-order valence-corrected chi connectivity index (χ4v) is 3.48. The summed E-state index contributed by atoms with van der Waals surface area (Å²) >= 11 is 5.57. The van der Waals surface area contributed by atoms with Crippen molar-refractivity contribution in [3.63, 3.8) is 0 Å². The van der Waals surface area contributed by atoms with Gasteiger partial charge in [0.05, 0.1) is 12.4 Å². The van der Waals surface area contributed by atoms with Crippen molar-refractivity contribution >= 4 is 17.4 Å². The average Bonchev–Trinajstić information content (AvgIpc) is 2.77. The minimum Gasteiger partial charge on any atom is -0.298 e. The third-order valence-electron chi connectivity index (χ3n) is 5.06. The lowest BCUT2D eigenvalue weighted by molar-refractivity contribution is -0.116. The lowest BCUT2D eigenvalue weighted by Gasteiger charge is -2.17. The van der Waals surface area contributed by atoms with Crippen LogP contribution in [-0.2, 0) is 24.3 Å². The van der Waals surface area contributed by atoms with Crippen LogP contribution in [0.15, 0.2) is 64.3 Å². The number of alkyl halides is 1. The molecular weight excluding hydrogens is 426 g/mol. The van der Waals surface area contributed by atoms with Gasteiger partial charge in [-0.3, -0.25) is 18.7 Å². The number of rotatable bonds is 8. The molecule has 0 unspecified atom stereocenters. The maximum absolute atomic E-state index is 14.1. The number of hydrogen-bond acceptors (Lipinski definition) is 3.